The van der Waals surface area contributed by atoms with Crippen molar-refractivity contribution in [3.63, 3.8) is 0 Å². The van der Waals surface area contributed by atoms with E-state index in [2.05, 4.69) is 15.2 Å². The fourth-order valence-electron chi connectivity index (χ4n) is 3.70. The monoisotopic (exact) mass is 589 g/mol. The third kappa shape index (κ3) is 6.04. The first-order valence-electron chi connectivity index (χ1n) is 11.8. The molecule has 4 aromatic carbocycles. The van der Waals surface area contributed by atoms with Crippen molar-refractivity contribution in [2.45, 2.75) is 4.90 Å². The Morgan fingerprint density at radius 2 is 1.52 bits per heavy atom. The molecule has 1 amide bonds. The Hall–Kier alpha value is -4.51. The zero-order valence-corrected chi connectivity index (χ0v) is 23.0. The number of halogens is 1. The summed E-state index contributed by atoms with van der Waals surface area (Å²) in [5.74, 6) is -0.867. The molecule has 2 N–H and O–H groups in total. The predicted octanol–water partition coefficient (Wildman–Crippen LogP) is 6.34. The van der Waals surface area contributed by atoms with Crippen LogP contribution in [0.5, 0.6) is 5.75 Å². The fourth-order valence-corrected chi connectivity index (χ4v) is 6.16. The first-order chi connectivity index (χ1) is 19.3. The number of esters is 1. The highest BCUT2D eigenvalue weighted by Crippen LogP contribution is 2.36. The second-order valence-electron chi connectivity index (χ2n) is 8.36. The van der Waals surface area contributed by atoms with E-state index in [4.69, 9.17) is 16.3 Å². The lowest BCUT2D eigenvalue weighted by molar-refractivity contribution is 0.0739. The van der Waals surface area contributed by atoms with Gasteiger partial charge in [0.25, 0.3) is 15.9 Å². The number of amides is 1. The van der Waals surface area contributed by atoms with Crippen molar-refractivity contribution < 1.29 is 22.7 Å². The van der Waals surface area contributed by atoms with Gasteiger partial charge in [0.15, 0.2) is 0 Å². The number of rotatable bonds is 8. The van der Waals surface area contributed by atoms with E-state index in [1.807, 2.05) is 24.3 Å². The molecule has 0 spiro atoms. The maximum absolute atomic E-state index is 12.9. The number of ether oxygens (including phenoxy) is 1. The van der Waals surface area contributed by atoms with Crippen LogP contribution in [0.25, 0.3) is 10.1 Å². The third-order valence-electron chi connectivity index (χ3n) is 5.66. The van der Waals surface area contributed by atoms with Crippen molar-refractivity contribution in [1.29, 1.82) is 0 Å². The molecule has 1 aromatic heterocycles. The lowest BCUT2D eigenvalue weighted by atomic mass is 10.2. The zero-order chi connectivity index (χ0) is 28.1. The van der Waals surface area contributed by atoms with Crippen molar-refractivity contribution in [1.82, 2.24) is 5.43 Å². The minimum absolute atomic E-state index is 0.129. The molecule has 0 aliphatic carbocycles. The standard InChI is InChI=1S/C29H20ClN3O5S2/c30-26-23-11-5-7-13-25(23)39-27(26)29(35)38-24-12-6-4-8-20(24)18-31-32-28(34)19-14-16-21(17-15-19)33-40(36,37)22-9-2-1-3-10-22/h1-18,33H,(H,32,34)/b31-18-. The van der Waals surface area contributed by atoms with Crippen molar-refractivity contribution in [3.05, 3.63) is 124 Å². The summed E-state index contributed by atoms with van der Waals surface area (Å²) in [5, 5.41) is 5.10. The number of nitrogens with one attached hydrogen (secondary N) is 2. The normalized spacial score (nSPS) is 11.4. The van der Waals surface area contributed by atoms with Gasteiger partial charge in [-0.1, -0.05) is 60.1 Å². The van der Waals surface area contributed by atoms with Gasteiger partial charge in [-0.2, -0.15) is 5.10 Å². The van der Waals surface area contributed by atoms with Crippen LogP contribution in [0, 0.1) is 0 Å². The molecule has 11 heteroatoms. The molecule has 1 heterocycles. The molecule has 200 valence electrons. The highest BCUT2D eigenvalue weighted by Gasteiger charge is 2.20. The van der Waals surface area contributed by atoms with Gasteiger partial charge < -0.3 is 4.74 Å². The van der Waals surface area contributed by atoms with Crippen LogP contribution in [0.3, 0.4) is 0 Å². The number of para-hydroxylation sites is 1. The number of hydrazone groups is 1. The molecule has 0 aliphatic rings. The molecule has 0 fully saturated rings. The minimum atomic E-state index is -3.75. The van der Waals surface area contributed by atoms with Crippen LogP contribution in [0.4, 0.5) is 5.69 Å². The molecule has 0 atom stereocenters. The Morgan fingerprint density at radius 1 is 0.850 bits per heavy atom. The Morgan fingerprint density at radius 3 is 2.27 bits per heavy atom. The highest BCUT2D eigenvalue weighted by atomic mass is 35.5. The number of fused-ring (bicyclic) bond motifs is 1. The number of nitrogens with zero attached hydrogens (tertiary/aromatic N) is 1. The first kappa shape index (κ1) is 27.1. The minimum Gasteiger partial charge on any atom is -0.422 e. The van der Waals surface area contributed by atoms with Crippen LogP contribution < -0.4 is 14.9 Å². The van der Waals surface area contributed by atoms with Crippen molar-refractivity contribution in [3.8, 4) is 5.75 Å². The molecule has 40 heavy (non-hydrogen) atoms. The number of benzene rings is 4. The van der Waals surface area contributed by atoms with Crippen LogP contribution in [-0.2, 0) is 10.0 Å². The Kier molecular flexibility index (Phi) is 7.92. The summed E-state index contributed by atoms with van der Waals surface area (Å²) < 4.78 is 33.9. The summed E-state index contributed by atoms with van der Waals surface area (Å²) in [6, 6.07) is 28.0. The van der Waals surface area contributed by atoms with Crippen LogP contribution >= 0.6 is 22.9 Å². The smallest absolute Gasteiger partial charge is 0.355 e. The van der Waals surface area contributed by atoms with Gasteiger partial charge in [-0.15, -0.1) is 11.3 Å². The fraction of sp³-hybridized carbons (Fsp3) is 0. The van der Waals surface area contributed by atoms with Crippen LogP contribution in [-0.4, -0.2) is 26.5 Å². The summed E-state index contributed by atoms with van der Waals surface area (Å²) in [6.07, 6.45) is 1.36. The van der Waals surface area contributed by atoms with E-state index >= 15 is 0 Å². The van der Waals surface area contributed by atoms with Crippen molar-refractivity contribution in [2.24, 2.45) is 5.10 Å². The molecule has 0 radical (unpaired) electrons. The molecule has 0 saturated heterocycles. The number of hydrogen-bond acceptors (Lipinski definition) is 7. The molecule has 5 rings (SSSR count). The lowest BCUT2D eigenvalue weighted by Crippen LogP contribution is -2.18. The summed E-state index contributed by atoms with van der Waals surface area (Å²) in [4.78, 5) is 25.8. The molecule has 0 aliphatic heterocycles. The number of carbonyl (C=O) groups excluding carboxylic acids is 2. The van der Waals surface area contributed by atoms with E-state index in [0.29, 0.717) is 16.3 Å². The van der Waals surface area contributed by atoms with Crippen LogP contribution in [0.1, 0.15) is 25.6 Å². The van der Waals surface area contributed by atoms with Crippen LogP contribution in [0.2, 0.25) is 5.02 Å². The van der Waals surface area contributed by atoms with E-state index in [9.17, 15) is 18.0 Å². The average molecular weight is 590 g/mol. The zero-order valence-electron chi connectivity index (χ0n) is 20.6. The molecule has 0 saturated carbocycles. The number of carbonyl (C=O) groups is 2. The van der Waals surface area contributed by atoms with Gasteiger partial charge >= 0.3 is 5.97 Å². The maximum atomic E-state index is 12.9. The number of hydrogen-bond donors (Lipinski definition) is 2. The topological polar surface area (TPSA) is 114 Å². The quantitative estimate of drug-likeness (QED) is 0.0949. The van der Waals surface area contributed by atoms with E-state index in [1.165, 1.54) is 53.9 Å². The summed E-state index contributed by atoms with van der Waals surface area (Å²) >= 11 is 7.65. The SMILES string of the molecule is O=C(N/N=C\c1ccccc1OC(=O)c1sc2ccccc2c1Cl)c1ccc(NS(=O)(=O)c2ccccc2)cc1. The Labute approximate surface area is 238 Å². The van der Waals surface area contributed by atoms with Crippen LogP contribution in [0.15, 0.2) is 113 Å². The molecule has 0 unspecified atom stereocenters. The largest absolute Gasteiger partial charge is 0.422 e. The third-order valence-corrected chi connectivity index (χ3v) is 8.72. The number of thiophene rings is 1. The van der Waals surface area contributed by atoms with Crippen molar-refractivity contribution >= 4 is 66.8 Å². The van der Waals surface area contributed by atoms with Gasteiger partial charge in [-0.25, -0.2) is 18.6 Å². The first-order valence-corrected chi connectivity index (χ1v) is 14.5. The van der Waals surface area contributed by atoms with E-state index < -0.39 is 21.9 Å². The summed E-state index contributed by atoms with van der Waals surface area (Å²) in [6.45, 7) is 0. The number of anilines is 1. The van der Waals surface area contributed by atoms with Gasteiger partial charge in [-0.05, 0) is 54.6 Å². The lowest BCUT2D eigenvalue weighted by Gasteiger charge is -2.08. The Balaban J connectivity index is 1.23. The van der Waals surface area contributed by atoms with E-state index in [-0.39, 0.29) is 21.1 Å². The molecule has 5 aromatic rings. The molecular formula is C29H20ClN3O5S2. The van der Waals surface area contributed by atoms with Gasteiger partial charge in [-0.3, -0.25) is 9.52 Å². The summed E-state index contributed by atoms with van der Waals surface area (Å²) in [5.41, 5.74) is 3.44. The predicted molar refractivity (Wildman–Crippen MR) is 157 cm³/mol. The van der Waals surface area contributed by atoms with Gasteiger partial charge in [0.2, 0.25) is 0 Å². The maximum Gasteiger partial charge on any atom is 0.355 e. The second-order valence-corrected chi connectivity index (χ2v) is 11.5. The average Bonchev–Trinajstić information content (AvgIpc) is 3.31. The van der Waals surface area contributed by atoms with Crippen molar-refractivity contribution in [2.75, 3.05) is 4.72 Å². The van der Waals surface area contributed by atoms with E-state index in [0.717, 1.165) is 10.1 Å². The van der Waals surface area contributed by atoms with E-state index in [1.54, 1.807) is 42.5 Å². The van der Waals surface area contributed by atoms with Gasteiger partial charge in [0, 0.05) is 26.9 Å². The highest BCUT2D eigenvalue weighted by molar-refractivity contribution is 7.92. The molecule has 8 nitrogen and oxygen atoms in total. The number of sulfonamides is 1. The molecule has 0 bridgehead atoms. The summed E-state index contributed by atoms with van der Waals surface area (Å²) in [7, 11) is -3.75. The molecular weight excluding hydrogens is 570 g/mol. The second kappa shape index (κ2) is 11.7. The van der Waals surface area contributed by atoms with Gasteiger partial charge in [0.05, 0.1) is 16.1 Å². The Bertz CT molecular complexity index is 1840. The van der Waals surface area contributed by atoms with Gasteiger partial charge in [0.1, 0.15) is 10.6 Å².